The van der Waals surface area contributed by atoms with Gasteiger partial charge in [-0.3, -0.25) is 0 Å². The highest BCUT2D eigenvalue weighted by Gasteiger charge is 2.09. The molecular weight excluding hydrogens is 538 g/mol. The summed E-state index contributed by atoms with van der Waals surface area (Å²) in [5, 5.41) is 6.51. The van der Waals surface area contributed by atoms with Crippen molar-refractivity contribution in [1.29, 1.82) is 0 Å². The highest BCUT2D eigenvalue weighted by Crippen LogP contribution is 2.28. The number of aromatic nitrogens is 1. The molecular formula is C24H28FIN4O3. The van der Waals surface area contributed by atoms with Crippen LogP contribution >= 0.6 is 24.0 Å². The molecule has 1 heterocycles. The van der Waals surface area contributed by atoms with Crippen LogP contribution in [0.4, 0.5) is 4.39 Å². The Balaban J connectivity index is 0.00000385. The van der Waals surface area contributed by atoms with Gasteiger partial charge in [-0.2, -0.15) is 0 Å². The molecule has 33 heavy (non-hydrogen) atoms. The third-order valence-corrected chi connectivity index (χ3v) is 4.52. The van der Waals surface area contributed by atoms with E-state index < -0.39 is 0 Å². The standard InChI is InChI=1S/C24H27FN4O3.HI/c1-4-26-24(28-15-17-10-11-21(30-2)22(13-17)31-3)29-16-18-7-6-12-27-23(18)32-20-9-5-8-19(25)14-20;/h5-14H,4,15-16H2,1-3H3,(H2,26,28,29);1H. The molecule has 1 aromatic heterocycles. The van der Waals surface area contributed by atoms with Crippen LogP contribution in [0.2, 0.25) is 0 Å². The molecule has 0 radical (unpaired) electrons. The molecule has 0 saturated heterocycles. The average Bonchev–Trinajstić information content (AvgIpc) is 2.81. The fourth-order valence-electron chi connectivity index (χ4n) is 2.96. The first-order valence-corrected chi connectivity index (χ1v) is 10.2. The molecule has 3 aromatic rings. The first-order valence-electron chi connectivity index (χ1n) is 10.2. The zero-order valence-corrected chi connectivity index (χ0v) is 21.1. The normalized spacial score (nSPS) is 10.7. The van der Waals surface area contributed by atoms with Crippen LogP contribution in [0, 0.1) is 5.82 Å². The molecule has 7 nitrogen and oxygen atoms in total. The Hall–Kier alpha value is -3.08. The Morgan fingerprint density at radius 3 is 2.55 bits per heavy atom. The van der Waals surface area contributed by atoms with Gasteiger partial charge in [-0.25, -0.2) is 14.4 Å². The lowest BCUT2D eigenvalue weighted by atomic mass is 10.2. The highest BCUT2D eigenvalue weighted by molar-refractivity contribution is 14.0. The highest BCUT2D eigenvalue weighted by atomic mass is 127. The molecule has 0 atom stereocenters. The number of rotatable bonds is 9. The number of methoxy groups -OCH3 is 2. The van der Waals surface area contributed by atoms with E-state index in [2.05, 4.69) is 20.6 Å². The number of nitrogens with zero attached hydrogens (tertiary/aromatic N) is 2. The fourth-order valence-corrected chi connectivity index (χ4v) is 2.96. The van der Waals surface area contributed by atoms with Crippen LogP contribution in [-0.2, 0) is 13.1 Å². The molecule has 0 aliphatic heterocycles. The zero-order valence-electron chi connectivity index (χ0n) is 18.8. The molecule has 2 N–H and O–H groups in total. The Morgan fingerprint density at radius 2 is 1.82 bits per heavy atom. The summed E-state index contributed by atoms with van der Waals surface area (Å²) in [5.74, 6) is 2.40. The molecule has 0 amide bonds. The van der Waals surface area contributed by atoms with Crippen molar-refractivity contribution in [3.8, 4) is 23.1 Å². The van der Waals surface area contributed by atoms with Crippen molar-refractivity contribution in [2.75, 3.05) is 20.8 Å². The van der Waals surface area contributed by atoms with Crippen molar-refractivity contribution >= 4 is 29.9 Å². The largest absolute Gasteiger partial charge is 0.493 e. The van der Waals surface area contributed by atoms with E-state index in [1.54, 1.807) is 32.5 Å². The smallest absolute Gasteiger partial charge is 0.224 e. The number of pyridine rings is 1. The minimum atomic E-state index is -0.366. The fraction of sp³-hybridized carbons (Fsp3) is 0.250. The van der Waals surface area contributed by atoms with Gasteiger partial charge < -0.3 is 24.8 Å². The molecule has 0 saturated carbocycles. The maximum absolute atomic E-state index is 13.5. The van der Waals surface area contributed by atoms with Crippen LogP contribution in [0.15, 0.2) is 65.8 Å². The topological polar surface area (TPSA) is 77.0 Å². The number of guanidine groups is 1. The summed E-state index contributed by atoms with van der Waals surface area (Å²) < 4.78 is 29.9. The van der Waals surface area contributed by atoms with E-state index in [4.69, 9.17) is 14.2 Å². The monoisotopic (exact) mass is 566 g/mol. The molecule has 0 aliphatic carbocycles. The lowest BCUT2D eigenvalue weighted by Gasteiger charge is -2.14. The molecule has 0 aliphatic rings. The summed E-state index contributed by atoms with van der Waals surface area (Å²) in [6.07, 6.45) is 1.63. The molecule has 0 spiro atoms. The minimum absolute atomic E-state index is 0. The SMILES string of the molecule is CCNC(=NCc1ccc(OC)c(OC)c1)NCc1cccnc1Oc1cccc(F)c1.I. The quantitative estimate of drug-likeness (QED) is 0.218. The number of benzene rings is 2. The second-order valence-electron chi connectivity index (χ2n) is 6.77. The van der Waals surface area contributed by atoms with Gasteiger partial charge in [0.2, 0.25) is 5.88 Å². The van der Waals surface area contributed by atoms with Crippen molar-refractivity contribution in [2.24, 2.45) is 4.99 Å². The van der Waals surface area contributed by atoms with Crippen LogP contribution < -0.4 is 24.8 Å². The van der Waals surface area contributed by atoms with Gasteiger partial charge in [0.15, 0.2) is 17.5 Å². The molecule has 9 heteroatoms. The van der Waals surface area contributed by atoms with Gasteiger partial charge in [-0.1, -0.05) is 18.2 Å². The summed E-state index contributed by atoms with van der Waals surface area (Å²) in [4.78, 5) is 8.93. The Bertz CT molecular complexity index is 1070. The summed E-state index contributed by atoms with van der Waals surface area (Å²) in [6, 6.07) is 15.4. The zero-order chi connectivity index (χ0) is 22.8. The first-order chi connectivity index (χ1) is 15.6. The molecule has 0 unspecified atom stereocenters. The lowest BCUT2D eigenvalue weighted by Crippen LogP contribution is -2.36. The third-order valence-electron chi connectivity index (χ3n) is 4.52. The Kier molecular flexibility index (Phi) is 10.7. The predicted octanol–water partition coefficient (Wildman–Crippen LogP) is 4.90. The van der Waals surface area contributed by atoms with Gasteiger partial charge in [0.1, 0.15) is 11.6 Å². The van der Waals surface area contributed by atoms with Crippen molar-refractivity contribution in [3.63, 3.8) is 0 Å². The van der Waals surface area contributed by atoms with Crippen LogP contribution in [0.5, 0.6) is 23.1 Å². The second kappa shape index (κ2) is 13.5. The summed E-state index contributed by atoms with van der Waals surface area (Å²) >= 11 is 0. The number of hydrogen-bond donors (Lipinski definition) is 2. The number of ether oxygens (including phenoxy) is 3. The third kappa shape index (κ3) is 7.77. The van der Waals surface area contributed by atoms with Gasteiger partial charge in [0.05, 0.1) is 20.8 Å². The first kappa shape index (κ1) is 26.2. The number of halogens is 2. The molecule has 0 fully saturated rings. The van der Waals surface area contributed by atoms with Crippen LogP contribution in [0.25, 0.3) is 0 Å². The van der Waals surface area contributed by atoms with Crippen molar-refractivity contribution in [3.05, 3.63) is 77.7 Å². The van der Waals surface area contributed by atoms with Gasteiger partial charge in [-0.15, -0.1) is 24.0 Å². The average molecular weight is 566 g/mol. The molecule has 176 valence electrons. The number of aliphatic imine (C=N–C) groups is 1. The number of nitrogens with one attached hydrogen (secondary N) is 2. The van der Waals surface area contributed by atoms with E-state index in [1.807, 2.05) is 37.3 Å². The Morgan fingerprint density at radius 1 is 1.00 bits per heavy atom. The Labute approximate surface area is 210 Å². The molecule has 3 rings (SSSR count). The van der Waals surface area contributed by atoms with Crippen LogP contribution in [0.3, 0.4) is 0 Å². The molecule has 2 aromatic carbocycles. The van der Waals surface area contributed by atoms with Crippen molar-refractivity contribution < 1.29 is 18.6 Å². The summed E-state index contributed by atoms with van der Waals surface area (Å²) in [5.41, 5.74) is 1.80. The molecule has 0 bridgehead atoms. The van der Waals surface area contributed by atoms with E-state index in [0.717, 1.165) is 11.1 Å². The maximum Gasteiger partial charge on any atom is 0.224 e. The minimum Gasteiger partial charge on any atom is -0.493 e. The van der Waals surface area contributed by atoms with E-state index in [1.165, 1.54) is 12.1 Å². The van der Waals surface area contributed by atoms with Gasteiger partial charge >= 0.3 is 0 Å². The maximum atomic E-state index is 13.5. The van der Waals surface area contributed by atoms with E-state index >= 15 is 0 Å². The number of hydrogen-bond acceptors (Lipinski definition) is 5. The summed E-state index contributed by atoms with van der Waals surface area (Å²) in [7, 11) is 3.21. The van der Waals surface area contributed by atoms with Gasteiger partial charge in [0, 0.05) is 30.9 Å². The van der Waals surface area contributed by atoms with Gasteiger partial charge in [0.25, 0.3) is 0 Å². The van der Waals surface area contributed by atoms with Gasteiger partial charge in [-0.05, 0) is 42.8 Å². The van der Waals surface area contributed by atoms with Crippen LogP contribution in [0.1, 0.15) is 18.1 Å². The van der Waals surface area contributed by atoms with E-state index in [-0.39, 0.29) is 29.8 Å². The van der Waals surface area contributed by atoms with E-state index in [0.29, 0.717) is 48.7 Å². The lowest BCUT2D eigenvalue weighted by molar-refractivity contribution is 0.354. The second-order valence-corrected chi connectivity index (χ2v) is 6.77. The van der Waals surface area contributed by atoms with Crippen molar-refractivity contribution in [1.82, 2.24) is 15.6 Å². The van der Waals surface area contributed by atoms with E-state index in [9.17, 15) is 4.39 Å². The van der Waals surface area contributed by atoms with Crippen molar-refractivity contribution in [2.45, 2.75) is 20.0 Å². The summed E-state index contributed by atoms with van der Waals surface area (Å²) in [6.45, 7) is 3.58. The van der Waals surface area contributed by atoms with Crippen LogP contribution in [-0.4, -0.2) is 31.7 Å². The predicted molar refractivity (Wildman–Crippen MR) is 137 cm³/mol.